The molecule has 10 heteroatoms. The highest BCUT2D eigenvalue weighted by molar-refractivity contribution is 5.89. The largest absolute Gasteiger partial charge is 0.355 e. The number of nitrogens with one attached hydrogen (secondary N) is 1. The lowest BCUT2D eigenvalue weighted by Crippen LogP contribution is -2.27. The molecule has 32 heavy (non-hydrogen) atoms. The maximum atomic E-state index is 14.2. The van der Waals surface area contributed by atoms with Crippen LogP contribution in [0.15, 0.2) is 43.2 Å². The molecule has 0 bridgehead atoms. The molecule has 0 amide bonds. The van der Waals surface area contributed by atoms with Crippen molar-refractivity contribution in [1.82, 2.24) is 29.7 Å². The van der Waals surface area contributed by atoms with Crippen LogP contribution in [0.4, 0.5) is 10.2 Å². The summed E-state index contributed by atoms with van der Waals surface area (Å²) < 4.78 is 15.8. The van der Waals surface area contributed by atoms with Crippen molar-refractivity contribution in [3.8, 4) is 23.4 Å². The van der Waals surface area contributed by atoms with Crippen molar-refractivity contribution < 1.29 is 4.39 Å². The molecule has 0 radical (unpaired) electrons. The Labute approximate surface area is 182 Å². The summed E-state index contributed by atoms with van der Waals surface area (Å²) in [6.45, 7) is 0.581. The van der Waals surface area contributed by atoms with Crippen molar-refractivity contribution in [2.45, 2.75) is 12.5 Å². The highest BCUT2D eigenvalue weighted by Gasteiger charge is 2.33. The monoisotopic (exact) mass is 427 g/mol. The van der Waals surface area contributed by atoms with Crippen LogP contribution in [0.2, 0.25) is 0 Å². The average Bonchev–Trinajstić information content (AvgIpc) is 3.59. The van der Waals surface area contributed by atoms with Gasteiger partial charge in [-0.15, -0.1) is 0 Å². The van der Waals surface area contributed by atoms with Gasteiger partial charge in [-0.2, -0.15) is 15.6 Å². The number of anilines is 1. The first-order chi connectivity index (χ1) is 15.7. The molecular weight excluding hydrogens is 409 g/mol. The minimum absolute atomic E-state index is 0.0236. The summed E-state index contributed by atoms with van der Waals surface area (Å²) in [5, 5.41) is 24.1. The predicted octanol–water partition coefficient (Wildman–Crippen LogP) is 3.00. The first-order valence-corrected chi connectivity index (χ1v) is 10.2. The van der Waals surface area contributed by atoms with E-state index < -0.39 is 12.7 Å². The van der Waals surface area contributed by atoms with E-state index in [-0.39, 0.29) is 11.5 Å². The fourth-order valence-electron chi connectivity index (χ4n) is 4.34. The van der Waals surface area contributed by atoms with Gasteiger partial charge in [0.1, 0.15) is 42.2 Å². The van der Waals surface area contributed by atoms with Gasteiger partial charge in [0, 0.05) is 48.5 Å². The molecule has 1 aliphatic heterocycles. The predicted molar refractivity (Wildman–Crippen MR) is 114 cm³/mol. The van der Waals surface area contributed by atoms with Gasteiger partial charge in [-0.3, -0.25) is 4.68 Å². The van der Waals surface area contributed by atoms with Crippen molar-refractivity contribution in [3.05, 3.63) is 54.4 Å². The Kier molecular flexibility index (Phi) is 4.96. The molecule has 1 fully saturated rings. The van der Waals surface area contributed by atoms with Gasteiger partial charge >= 0.3 is 0 Å². The van der Waals surface area contributed by atoms with Gasteiger partial charge in [0.05, 0.1) is 23.5 Å². The number of alkyl halides is 1. The van der Waals surface area contributed by atoms with E-state index in [9.17, 15) is 14.9 Å². The number of H-pyrrole nitrogens is 1. The van der Waals surface area contributed by atoms with Crippen molar-refractivity contribution in [2.24, 2.45) is 5.92 Å². The molecule has 158 valence electrons. The van der Waals surface area contributed by atoms with E-state index in [4.69, 9.17) is 0 Å². The number of fused-ring (bicyclic) bond motifs is 1. The molecule has 2 atom stereocenters. The van der Waals surface area contributed by atoms with Crippen molar-refractivity contribution in [1.29, 1.82) is 10.5 Å². The maximum absolute atomic E-state index is 14.2. The van der Waals surface area contributed by atoms with E-state index in [1.165, 1.54) is 18.6 Å². The number of halogens is 1. The van der Waals surface area contributed by atoms with Gasteiger partial charge < -0.3 is 9.88 Å². The molecule has 1 saturated heterocycles. The quantitative estimate of drug-likeness (QED) is 0.519. The van der Waals surface area contributed by atoms with Crippen LogP contribution in [-0.4, -0.2) is 49.5 Å². The average molecular weight is 427 g/mol. The van der Waals surface area contributed by atoms with Crippen LogP contribution in [0.1, 0.15) is 23.6 Å². The summed E-state index contributed by atoms with van der Waals surface area (Å²) in [4.78, 5) is 17.9. The summed E-state index contributed by atoms with van der Waals surface area (Å²) in [5.74, 6) is 0.452. The highest BCUT2D eigenvalue weighted by Crippen LogP contribution is 2.33. The smallest absolute Gasteiger partial charge is 0.147 e. The van der Waals surface area contributed by atoms with Gasteiger partial charge in [-0.1, -0.05) is 0 Å². The van der Waals surface area contributed by atoms with E-state index in [0.29, 0.717) is 24.5 Å². The zero-order valence-electron chi connectivity index (χ0n) is 17.0. The van der Waals surface area contributed by atoms with Gasteiger partial charge in [0.25, 0.3) is 0 Å². The standard InChI is InChI=1S/C22H18FN9/c23-7-19(15-3-6-31(11-15)22-18(9-25)14(8-24)1-4-27-22)32-12-16(10-30-32)20-17-2-5-26-21(17)29-13-28-20/h1-2,4-5,10,12-13,15,19H,3,6-7,11H2,(H,26,28,29)/t15-,19?/m0/s1. The van der Waals surface area contributed by atoms with Crippen molar-refractivity contribution in [2.75, 3.05) is 24.7 Å². The van der Waals surface area contributed by atoms with Crippen molar-refractivity contribution >= 4 is 16.9 Å². The fraction of sp³-hybridized carbons (Fsp3) is 0.273. The second-order valence-corrected chi connectivity index (χ2v) is 7.67. The SMILES string of the molecule is N#Cc1ccnc(N2CC[C@H](C(CF)n3cc(-c4ncnc5[nH]ccc45)cn3)C2)c1C#N. The summed E-state index contributed by atoms with van der Waals surface area (Å²) in [6, 6.07) is 7.09. The second-order valence-electron chi connectivity index (χ2n) is 7.67. The number of hydrogen-bond donors (Lipinski definition) is 1. The molecule has 1 unspecified atom stereocenters. The maximum Gasteiger partial charge on any atom is 0.147 e. The van der Waals surface area contributed by atoms with Crippen molar-refractivity contribution in [3.63, 3.8) is 0 Å². The van der Waals surface area contributed by atoms with Gasteiger partial charge in [0.15, 0.2) is 0 Å². The van der Waals surface area contributed by atoms with Crippen LogP contribution < -0.4 is 4.90 Å². The molecule has 1 aliphatic rings. The first kappa shape index (κ1) is 19.6. The van der Waals surface area contributed by atoms with E-state index in [1.807, 2.05) is 23.2 Å². The van der Waals surface area contributed by atoms with Crippen LogP contribution in [0, 0.1) is 28.6 Å². The normalized spacial score (nSPS) is 16.7. The van der Waals surface area contributed by atoms with Crippen LogP contribution in [0.3, 0.4) is 0 Å². The Morgan fingerprint density at radius 1 is 1.22 bits per heavy atom. The molecule has 5 heterocycles. The fourth-order valence-corrected chi connectivity index (χ4v) is 4.34. The number of aromatic amines is 1. The second kappa shape index (κ2) is 8.08. The lowest BCUT2D eigenvalue weighted by atomic mass is 10.00. The third-order valence-corrected chi connectivity index (χ3v) is 5.96. The third-order valence-electron chi connectivity index (χ3n) is 5.96. The number of hydrogen-bond acceptors (Lipinski definition) is 7. The lowest BCUT2D eigenvalue weighted by Gasteiger charge is -2.23. The number of rotatable bonds is 5. The molecule has 5 rings (SSSR count). The topological polar surface area (TPSA) is 123 Å². The zero-order chi connectivity index (χ0) is 22.1. The third kappa shape index (κ3) is 3.22. The highest BCUT2D eigenvalue weighted by atomic mass is 19.1. The molecule has 4 aromatic heterocycles. The Bertz CT molecular complexity index is 1360. The molecule has 0 spiro atoms. The van der Waals surface area contributed by atoms with Crippen LogP contribution >= 0.6 is 0 Å². The number of pyridine rings is 1. The summed E-state index contributed by atoms with van der Waals surface area (Å²) in [6.07, 6.45) is 9.05. The summed E-state index contributed by atoms with van der Waals surface area (Å²) in [7, 11) is 0. The Balaban J connectivity index is 1.40. The van der Waals surface area contributed by atoms with E-state index in [0.717, 1.165) is 28.7 Å². The van der Waals surface area contributed by atoms with Gasteiger partial charge in [0.2, 0.25) is 0 Å². The Morgan fingerprint density at radius 3 is 2.94 bits per heavy atom. The molecule has 1 N–H and O–H groups in total. The van der Waals surface area contributed by atoms with E-state index in [2.05, 4.69) is 31.1 Å². The lowest BCUT2D eigenvalue weighted by molar-refractivity contribution is 0.257. The number of aromatic nitrogens is 6. The Morgan fingerprint density at radius 2 is 2.12 bits per heavy atom. The van der Waals surface area contributed by atoms with Gasteiger partial charge in [-0.05, 0) is 18.6 Å². The van der Waals surface area contributed by atoms with Crippen LogP contribution in [0.25, 0.3) is 22.3 Å². The minimum Gasteiger partial charge on any atom is -0.355 e. The molecule has 4 aromatic rings. The molecule has 9 nitrogen and oxygen atoms in total. The van der Waals surface area contributed by atoms with E-state index in [1.54, 1.807) is 17.1 Å². The summed E-state index contributed by atoms with van der Waals surface area (Å²) in [5.41, 5.74) is 2.81. The zero-order valence-corrected chi connectivity index (χ0v) is 17.0. The minimum atomic E-state index is -0.570. The van der Waals surface area contributed by atoms with E-state index >= 15 is 0 Å². The molecular formula is C22H18FN9. The van der Waals surface area contributed by atoms with Crippen LogP contribution in [0.5, 0.6) is 0 Å². The number of nitriles is 2. The summed E-state index contributed by atoms with van der Waals surface area (Å²) >= 11 is 0. The van der Waals surface area contributed by atoms with Crippen LogP contribution in [-0.2, 0) is 0 Å². The molecule has 0 aromatic carbocycles. The first-order valence-electron chi connectivity index (χ1n) is 10.2. The molecule has 0 saturated carbocycles. The Hall–Kier alpha value is -4.31. The van der Waals surface area contributed by atoms with Gasteiger partial charge in [-0.25, -0.2) is 19.3 Å². The molecule has 0 aliphatic carbocycles. The number of nitrogens with zero attached hydrogens (tertiary/aromatic N) is 8.